The summed E-state index contributed by atoms with van der Waals surface area (Å²) in [5.74, 6) is 1.60. The molecule has 0 aliphatic heterocycles. The van der Waals surface area contributed by atoms with Gasteiger partial charge in [-0.3, -0.25) is 0 Å². The Bertz CT molecular complexity index is 328. The molecule has 0 aromatic heterocycles. The molecule has 0 aliphatic carbocycles. The molecule has 0 saturated heterocycles. The van der Waals surface area contributed by atoms with Crippen LogP contribution in [0.4, 0.5) is 0 Å². The number of rotatable bonds is 9. The van der Waals surface area contributed by atoms with Gasteiger partial charge in [0.1, 0.15) is 0 Å². The molecule has 0 heterocycles. The van der Waals surface area contributed by atoms with Crippen molar-refractivity contribution < 1.29 is 0 Å². The van der Waals surface area contributed by atoms with Crippen LogP contribution < -0.4 is 0 Å². The van der Waals surface area contributed by atoms with E-state index in [1.807, 2.05) is 0 Å². The average molecular weight is 279 g/mol. The van der Waals surface area contributed by atoms with E-state index in [9.17, 15) is 0 Å². The van der Waals surface area contributed by atoms with Crippen molar-refractivity contribution in [2.24, 2.45) is 5.92 Å². The monoisotopic (exact) mass is 278 g/mol. The fourth-order valence-electron chi connectivity index (χ4n) is 2.61. The standard InChI is InChI=1S/C18H30S/c1-4-5-8-15(2)9-6-7-10-16(3)17-11-13-18(19)14-12-17/h11-16,19H,4-10H2,1-3H3. The van der Waals surface area contributed by atoms with E-state index >= 15 is 0 Å². The second-order valence-electron chi connectivity index (χ2n) is 6.02. The van der Waals surface area contributed by atoms with E-state index in [0.29, 0.717) is 5.92 Å². The van der Waals surface area contributed by atoms with Gasteiger partial charge in [0, 0.05) is 4.90 Å². The first-order chi connectivity index (χ1) is 9.13. The highest BCUT2D eigenvalue weighted by molar-refractivity contribution is 7.80. The molecule has 0 saturated carbocycles. The molecule has 0 radical (unpaired) electrons. The summed E-state index contributed by atoms with van der Waals surface area (Å²) < 4.78 is 0. The molecular weight excluding hydrogens is 248 g/mol. The molecule has 0 fully saturated rings. The Morgan fingerprint density at radius 2 is 1.47 bits per heavy atom. The third-order valence-corrected chi connectivity index (χ3v) is 4.39. The molecule has 0 bridgehead atoms. The van der Waals surface area contributed by atoms with Gasteiger partial charge in [0.25, 0.3) is 0 Å². The second-order valence-corrected chi connectivity index (χ2v) is 6.54. The Labute approximate surface area is 125 Å². The summed E-state index contributed by atoms with van der Waals surface area (Å²) in [6, 6.07) is 8.64. The topological polar surface area (TPSA) is 0 Å². The van der Waals surface area contributed by atoms with Crippen LogP contribution in [0.2, 0.25) is 0 Å². The highest BCUT2D eigenvalue weighted by atomic mass is 32.1. The van der Waals surface area contributed by atoms with Crippen molar-refractivity contribution in [1.29, 1.82) is 0 Å². The summed E-state index contributed by atoms with van der Waals surface area (Å²) in [6.45, 7) is 7.03. The molecule has 19 heavy (non-hydrogen) atoms. The van der Waals surface area contributed by atoms with Crippen molar-refractivity contribution >= 4 is 12.6 Å². The predicted molar refractivity (Wildman–Crippen MR) is 89.3 cm³/mol. The maximum absolute atomic E-state index is 4.34. The quantitative estimate of drug-likeness (QED) is 0.388. The molecule has 0 amide bonds. The van der Waals surface area contributed by atoms with Gasteiger partial charge in [-0.25, -0.2) is 0 Å². The van der Waals surface area contributed by atoms with Gasteiger partial charge in [0.2, 0.25) is 0 Å². The molecule has 0 N–H and O–H groups in total. The number of benzene rings is 1. The van der Waals surface area contributed by atoms with Gasteiger partial charge in [-0.2, -0.15) is 0 Å². The molecule has 1 heteroatoms. The first-order valence-electron chi connectivity index (χ1n) is 7.92. The largest absolute Gasteiger partial charge is 0.143 e. The lowest BCUT2D eigenvalue weighted by molar-refractivity contribution is 0.440. The van der Waals surface area contributed by atoms with Crippen molar-refractivity contribution in [2.75, 3.05) is 0 Å². The third kappa shape index (κ3) is 7.06. The summed E-state index contributed by atoms with van der Waals surface area (Å²) in [5.41, 5.74) is 1.46. The van der Waals surface area contributed by atoms with Crippen LogP contribution >= 0.6 is 12.6 Å². The van der Waals surface area contributed by atoms with Crippen LogP contribution in [0.3, 0.4) is 0 Å². The molecule has 1 aromatic carbocycles. The van der Waals surface area contributed by atoms with Crippen molar-refractivity contribution in [1.82, 2.24) is 0 Å². The Balaban J connectivity index is 2.16. The van der Waals surface area contributed by atoms with E-state index in [-0.39, 0.29) is 0 Å². The zero-order valence-corrected chi connectivity index (χ0v) is 13.8. The maximum Gasteiger partial charge on any atom is 0.00401 e. The summed E-state index contributed by atoms with van der Waals surface area (Å²) in [4.78, 5) is 1.06. The molecule has 1 aromatic rings. The van der Waals surface area contributed by atoms with E-state index in [4.69, 9.17) is 0 Å². The van der Waals surface area contributed by atoms with Gasteiger partial charge in [-0.05, 0) is 36.0 Å². The molecule has 108 valence electrons. The molecule has 0 spiro atoms. The van der Waals surface area contributed by atoms with Gasteiger partial charge in [0.15, 0.2) is 0 Å². The van der Waals surface area contributed by atoms with Crippen LogP contribution in [0.5, 0.6) is 0 Å². The molecule has 1 rings (SSSR count). The molecule has 2 atom stereocenters. The summed E-state index contributed by atoms with van der Waals surface area (Å²) in [6.07, 6.45) is 9.61. The fourth-order valence-corrected chi connectivity index (χ4v) is 2.76. The summed E-state index contributed by atoms with van der Waals surface area (Å²) in [5, 5.41) is 0. The lowest BCUT2D eigenvalue weighted by Crippen LogP contribution is -1.97. The number of hydrogen-bond acceptors (Lipinski definition) is 1. The highest BCUT2D eigenvalue weighted by Crippen LogP contribution is 2.24. The van der Waals surface area contributed by atoms with E-state index in [1.165, 1.54) is 50.5 Å². The Morgan fingerprint density at radius 3 is 2.11 bits per heavy atom. The lowest BCUT2D eigenvalue weighted by Gasteiger charge is -2.14. The predicted octanol–water partition coefficient (Wildman–Crippen LogP) is 6.47. The number of hydrogen-bond donors (Lipinski definition) is 1. The van der Waals surface area contributed by atoms with Gasteiger partial charge >= 0.3 is 0 Å². The van der Waals surface area contributed by atoms with E-state index in [0.717, 1.165) is 10.8 Å². The van der Waals surface area contributed by atoms with Gasteiger partial charge in [-0.15, -0.1) is 12.6 Å². The fraction of sp³-hybridized carbons (Fsp3) is 0.667. The van der Waals surface area contributed by atoms with E-state index < -0.39 is 0 Å². The summed E-state index contributed by atoms with van der Waals surface area (Å²) >= 11 is 4.34. The van der Waals surface area contributed by atoms with Crippen LogP contribution in [-0.2, 0) is 0 Å². The van der Waals surface area contributed by atoms with Crippen LogP contribution in [0.25, 0.3) is 0 Å². The number of unbranched alkanes of at least 4 members (excludes halogenated alkanes) is 2. The molecule has 0 aliphatic rings. The zero-order chi connectivity index (χ0) is 14.1. The molecular formula is C18H30S. The minimum Gasteiger partial charge on any atom is -0.143 e. The lowest BCUT2D eigenvalue weighted by atomic mass is 9.92. The first kappa shape index (κ1) is 16.6. The Hall–Kier alpha value is -0.430. The second kappa shape index (κ2) is 9.47. The SMILES string of the molecule is CCCCC(C)CCCCC(C)c1ccc(S)cc1. The summed E-state index contributed by atoms with van der Waals surface area (Å²) in [7, 11) is 0. The van der Waals surface area contributed by atoms with Gasteiger partial charge in [-0.1, -0.05) is 71.4 Å². The van der Waals surface area contributed by atoms with Crippen LogP contribution in [-0.4, -0.2) is 0 Å². The maximum atomic E-state index is 4.34. The normalized spacial score (nSPS) is 14.3. The minimum atomic E-state index is 0.680. The zero-order valence-electron chi connectivity index (χ0n) is 12.9. The highest BCUT2D eigenvalue weighted by Gasteiger charge is 2.06. The van der Waals surface area contributed by atoms with E-state index in [2.05, 4.69) is 57.7 Å². The van der Waals surface area contributed by atoms with Crippen molar-refractivity contribution in [3.05, 3.63) is 29.8 Å². The smallest absolute Gasteiger partial charge is 0.00401 e. The van der Waals surface area contributed by atoms with Crippen LogP contribution in [0, 0.1) is 5.92 Å². The van der Waals surface area contributed by atoms with Gasteiger partial charge in [0.05, 0.1) is 0 Å². The third-order valence-electron chi connectivity index (χ3n) is 4.10. The molecule has 0 nitrogen and oxygen atoms in total. The average Bonchev–Trinajstić information content (AvgIpc) is 2.41. The van der Waals surface area contributed by atoms with Crippen molar-refractivity contribution in [2.45, 2.75) is 76.5 Å². The van der Waals surface area contributed by atoms with Gasteiger partial charge < -0.3 is 0 Å². The van der Waals surface area contributed by atoms with Crippen LogP contribution in [0.1, 0.15) is 77.2 Å². The van der Waals surface area contributed by atoms with E-state index in [1.54, 1.807) is 0 Å². The molecule has 2 unspecified atom stereocenters. The Morgan fingerprint density at radius 1 is 0.895 bits per heavy atom. The van der Waals surface area contributed by atoms with Crippen LogP contribution in [0.15, 0.2) is 29.2 Å². The Kier molecular flexibility index (Phi) is 8.29. The number of thiol groups is 1. The van der Waals surface area contributed by atoms with Crippen molar-refractivity contribution in [3.63, 3.8) is 0 Å². The first-order valence-corrected chi connectivity index (χ1v) is 8.37. The van der Waals surface area contributed by atoms with Crippen molar-refractivity contribution in [3.8, 4) is 0 Å². The minimum absolute atomic E-state index is 0.680.